The molecule has 0 radical (unpaired) electrons. The summed E-state index contributed by atoms with van der Waals surface area (Å²) in [4.78, 5) is 17.2. The molecule has 0 amide bonds. The summed E-state index contributed by atoms with van der Waals surface area (Å²) in [7, 11) is 0. The smallest absolute Gasteiger partial charge is 0.301 e. The van der Waals surface area contributed by atoms with Gasteiger partial charge in [-0.3, -0.25) is 9.36 Å². The van der Waals surface area contributed by atoms with E-state index < -0.39 is 6.10 Å². The lowest BCUT2D eigenvalue weighted by Gasteiger charge is -2.16. The molecule has 1 fully saturated rings. The van der Waals surface area contributed by atoms with Gasteiger partial charge in [-0.2, -0.15) is 4.98 Å². The second-order valence-corrected chi connectivity index (χ2v) is 4.76. The van der Waals surface area contributed by atoms with E-state index in [1.54, 1.807) is 21.8 Å². The molecule has 3 atom stereocenters. The fourth-order valence-electron chi connectivity index (χ4n) is 2.16. The van der Waals surface area contributed by atoms with Gasteiger partial charge in [-0.1, -0.05) is 15.9 Å². The third kappa shape index (κ3) is 1.88. The maximum absolute atomic E-state index is 11.7. The minimum atomic E-state index is -0.544. The van der Waals surface area contributed by atoms with Crippen molar-refractivity contribution in [1.82, 2.24) is 9.55 Å². The Morgan fingerprint density at radius 2 is 2.44 bits per heavy atom. The standard InChI is InChI=1S/C11H11BrN2O4/c12-2-1-6-4-14-9-3-7(15)8(18-9)5-17-11(14)13-10(6)16/h1-2,4,7-9,15H,3,5H2. The zero-order chi connectivity index (χ0) is 12.7. The van der Waals surface area contributed by atoms with Crippen molar-refractivity contribution in [2.45, 2.75) is 24.9 Å². The molecule has 0 aliphatic carbocycles. The lowest BCUT2D eigenvalue weighted by atomic mass is 10.2. The molecule has 0 spiro atoms. The highest BCUT2D eigenvalue weighted by Crippen LogP contribution is 2.34. The molecule has 3 rings (SSSR count). The van der Waals surface area contributed by atoms with Gasteiger partial charge in [-0.05, 0) is 11.1 Å². The lowest BCUT2D eigenvalue weighted by molar-refractivity contribution is -0.0204. The summed E-state index contributed by atoms with van der Waals surface area (Å²) in [6.07, 6.45) is 2.48. The quantitative estimate of drug-likeness (QED) is 0.824. The molecule has 2 bridgehead atoms. The summed E-state index contributed by atoms with van der Waals surface area (Å²) in [6.45, 7) is 0.206. The van der Waals surface area contributed by atoms with Crippen molar-refractivity contribution in [2.24, 2.45) is 0 Å². The number of rotatable bonds is 1. The second kappa shape index (κ2) is 4.49. The summed E-state index contributed by atoms with van der Waals surface area (Å²) in [5.74, 6) is 0. The van der Waals surface area contributed by atoms with Gasteiger partial charge in [0.1, 0.15) is 18.9 Å². The third-order valence-electron chi connectivity index (χ3n) is 3.08. The third-order valence-corrected chi connectivity index (χ3v) is 3.34. The van der Waals surface area contributed by atoms with Crippen LogP contribution in [-0.4, -0.2) is 33.5 Å². The first-order valence-electron chi connectivity index (χ1n) is 5.55. The molecule has 18 heavy (non-hydrogen) atoms. The van der Waals surface area contributed by atoms with Gasteiger partial charge in [-0.15, -0.1) is 0 Å². The fraction of sp³-hybridized carbons (Fsp3) is 0.455. The molecule has 1 saturated heterocycles. The van der Waals surface area contributed by atoms with Crippen LogP contribution in [0.2, 0.25) is 0 Å². The van der Waals surface area contributed by atoms with E-state index in [0.717, 1.165) is 0 Å². The van der Waals surface area contributed by atoms with Crippen LogP contribution in [-0.2, 0) is 4.74 Å². The first kappa shape index (κ1) is 11.9. The number of aliphatic hydroxyl groups excluding tert-OH is 1. The molecule has 1 aromatic heterocycles. The average molecular weight is 315 g/mol. The zero-order valence-electron chi connectivity index (χ0n) is 9.32. The molecule has 3 heterocycles. The summed E-state index contributed by atoms with van der Waals surface area (Å²) in [5.41, 5.74) is 0.0814. The van der Waals surface area contributed by atoms with Crippen LogP contribution in [0.15, 0.2) is 16.0 Å². The molecule has 6 nitrogen and oxygen atoms in total. The number of hydrogen-bond acceptors (Lipinski definition) is 5. The van der Waals surface area contributed by atoms with Gasteiger partial charge in [0, 0.05) is 12.6 Å². The van der Waals surface area contributed by atoms with Crippen LogP contribution in [0, 0.1) is 0 Å². The van der Waals surface area contributed by atoms with E-state index in [-0.39, 0.29) is 30.5 Å². The Bertz CT molecular complexity index is 556. The van der Waals surface area contributed by atoms with Crippen LogP contribution >= 0.6 is 15.9 Å². The van der Waals surface area contributed by atoms with E-state index in [1.165, 1.54) is 0 Å². The van der Waals surface area contributed by atoms with E-state index >= 15 is 0 Å². The Hall–Kier alpha value is -1.18. The number of halogens is 1. The van der Waals surface area contributed by atoms with Crippen molar-refractivity contribution in [2.75, 3.05) is 6.61 Å². The normalized spacial score (nSPS) is 30.0. The van der Waals surface area contributed by atoms with Gasteiger partial charge in [0.05, 0.1) is 11.7 Å². The Morgan fingerprint density at radius 1 is 1.61 bits per heavy atom. The van der Waals surface area contributed by atoms with Gasteiger partial charge < -0.3 is 14.6 Å². The van der Waals surface area contributed by atoms with Crippen molar-refractivity contribution in [3.63, 3.8) is 0 Å². The Kier molecular flexibility index (Phi) is 2.96. The first-order chi connectivity index (χ1) is 8.69. The molecule has 1 N–H and O–H groups in total. The Morgan fingerprint density at radius 3 is 3.22 bits per heavy atom. The van der Waals surface area contributed by atoms with Gasteiger partial charge in [0.2, 0.25) is 0 Å². The molecule has 7 heteroatoms. The molecule has 96 valence electrons. The van der Waals surface area contributed by atoms with Crippen LogP contribution < -0.4 is 10.3 Å². The van der Waals surface area contributed by atoms with E-state index in [9.17, 15) is 9.90 Å². The number of fused-ring (bicyclic) bond motifs is 4. The maximum Gasteiger partial charge on any atom is 0.301 e. The summed E-state index contributed by atoms with van der Waals surface area (Å²) in [6, 6.07) is 0.242. The van der Waals surface area contributed by atoms with E-state index in [0.29, 0.717) is 12.0 Å². The summed E-state index contributed by atoms with van der Waals surface area (Å²) < 4.78 is 12.7. The first-order valence-corrected chi connectivity index (χ1v) is 6.47. The highest BCUT2D eigenvalue weighted by atomic mass is 79.9. The average Bonchev–Trinajstić information content (AvgIpc) is 2.61. The number of aromatic nitrogens is 2. The van der Waals surface area contributed by atoms with Crippen LogP contribution in [0.4, 0.5) is 0 Å². The molecular weight excluding hydrogens is 304 g/mol. The molecule has 2 aliphatic heterocycles. The maximum atomic E-state index is 11.7. The SMILES string of the molecule is O=c1nc2n(cc1C=CBr)C1CC(O)C(CO2)O1. The largest absolute Gasteiger partial charge is 0.462 e. The van der Waals surface area contributed by atoms with Gasteiger partial charge in [0.25, 0.3) is 5.56 Å². The summed E-state index contributed by atoms with van der Waals surface area (Å²) in [5, 5.41) is 9.76. The molecule has 0 saturated carbocycles. The van der Waals surface area contributed by atoms with Crippen LogP contribution in [0.25, 0.3) is 6.08 Å². The number of nitrogens with zero attached hydrogens (tertiary/aromatic N) is 2. The minimum Gasteiger partial charge on any atom is -0.462 e. The number of aliphatic hydroxyl groups is 1. The predicted molar refractivity (Wildman–Crippen MR) is 66.5 cm³/mol. The molecule has 0 aromatic carbocycles. The molecule has 2 aliphatic rings. The topological polar surface area (TPSA) is 73.6 Å². The molecular formula is C11H11BrN2O4. The zero-order valence-corrected chi connectivity index (χ0v) is 10.9. The highest BCUT2D eigenvalue weighted by molar-refractivity contribution is 9.11. The van der Waals surface area contributed by atoms with Gasteiger partial charge in [0.15, 0.2) is 0 Å². The van der Waals surface area contributed by atoms with Crippen molar-refractivity contribution in [3.8, 4) is 6.01 Å². The predicted octanol–water partition coefficient (Wildman–Crippen LogP) is 0.650. The monoisotopic (exact) mass is 314 g/mol. The van der Waals surface area contributed by atoms with Crippen LogP contribution in [0.5, 0.6) is 6.01 Å². The molecule has 1 aromatic rings. The Balaban J connectivity index is 2.09. The Labute approximate surface area is 111 Å². The van der Waals surface area contributed by atoms with Gasteiger partial charge >= 0.3 is 6.01 Å². The van der Waals surface area contributed by atoms with Crippen LogP contribution in [0.1, 0.15) is 18.2 Å². The highest BCUT2D eigenvalue weighted by Gasteiger charge is 2.39. The fourth-order valence-corrected chi connectivity index (χ4v) is 2.44. The van der Waals surface area contributed by atoms with Crippen molar-refractivity contribution in [3.05, 3.63) is 27.1 Å². The number of hydrogen-bond donors (Lipinski definition) is 1. The number of ether oxygens (including phenoxy) is 2. The molecule has 3 unspecified atom stereocenters. The lowest BCUT2D eigenvalue weighted by Crippen LogP contribution is -2.29. The second-order valence-electron chi connectivity index (χ2n) is 4.23. The minimum absolute atomic E-state index is 0.206. The van der Waals surface area contributed by atoms with Crippen molar-refractivity contribution < 1.29 is 14.6 Å². The van der Waals surface area contributed by atoms with E-state index in [2.05, 4.69) is 20.9 Å². The van der Waals surface area contributed by atoms with E-state index in [1.807, 2.05) is 0 Å². The van der Waals surface area contributed by atoms with Crippen molar-refractivity contribution >= 4 is 22.0 Å². The van der Waals surface area contributed by atoms with Crippen molar-refractivity contribution in [1.29, 1.82) is 0 Å². The van der Waals surface area contributed by atoms with Gasteiger partial charge in [-0.25, -0.2) is 0 Å². The van der Waals surface area contributed by atoms with E-state index in [4.69, 9.17) is 9.47 Å². The van der Waals surface area contributed by atoms with Crippen LogP contribution in [0.3, 0.4) is 0 Å². The summed E-state index contributed by atoms with van der Waals surface area (Å²) >= 11 is 3.12.